The molecule has 154 valence electrons. The third kappa shape index (κ3) is 6.57. The van der Waals surface area contributed by atoms with Gasteiger partial charge >= 0.3 is 5.97 Å². The third-order valence-corrected chi connectivity index (χ3v) is 4.00. The fourth-order valence-electron chi connectivity index (χ4n) is 2.24. The van der Waals surface area contributed by atoms with Crippen LogP contribution in [0.1, 0.15) is 15.9 Å². The van der Waals surface area contributed by atoms with Crippen molar-refractivity contribution in [3.63, 3.8) is 0 Å². The van der Waals surface area contributed by atoms with Crippen LogP contribution in [0.25, 0.3) is 0 Å². The summed E-state index contributed by atoms with van der Waals surface area (Å²) in [6, 6.07) is 12.0. The Morgan fingerprint density at radius 2 is 1.87 bits per heavy atom. The van der Waals surface area contributed by atoms with E-state index in [9.17, 15) is 24.5 Å². The van der Waals surface area contributed by atoms with E-state index in [-0.39, 0.29) is 17.0 Å². The highest BCUT2D eigenvalue weighted by Gasteiger charge is 2.17. The Morgan fingerprint density at radius 1 is 1.17 bits per heavy atom. The minimum absolute atomic E-state index is 0.0588. The van der Waals surface area contributed by atoms with Gasteiger partial charge in [0.05, 0.1) is 17.4 Å². The van der Waals surface area contributed by atoms with Gasteiger partial charge in [0.1, 0.15) is 11.6 Å². The molecule has 10 nitrogen and oxygen atoms in total. The molecule has 0 atom stereocenters. The first-order chi connectivity index (χ1) is 14.3. The van der Waals surface area contributed by atoms with Gasteiger partial charge < -0.3 is 15.4 Å². The van der Waals surface area contributed by atoms with Crippen LogP contribution in [0.5, 0.6) is 0 Å². The molecule has 0 aliphatic carbocycles. The maximum Gasteiger partial charge on any atom is 0.325 e. The predicted molar refractivity (Wildman–Crippen MR) is 106 cm³/mol. The summed E-state index contributed by atoms with van der Waals surface area (Å²) in [7, 11) is 0. The number of nitro groups is 1. The lowest BCUT2D eigenvalue weighted by Gasteiger charge is -2.08. The lowest BCUT2D eigenvalue weighted by Crippen LogP contribution is -2.32. The highest BCUT2D eigenvalue weighted by atomic mass is 35.5. The van der Waals surface area contributed by atoms with E-state index in [0.29, 0.717) is 5.69 Å². The van der Waals surface area contributed by atoms with Crippen molar-refractivity contribution < 1.29 is 24.0 Å². The monoisotopic (exact) mass is 430 g/mol. The summed E-state index contributed by atoms with van der Waals surface area (Å²) in [5.74, 6) is -2.20. The fourth-order valence-corrected chi connectivity index (χ4v) is 2.43. The number of benzene rings is 2. The lowest BCUT2D eigenvalue weighted by atomic mass is 10.1. The number of nitro benzene ring substituents is 1. The summed E-state index contributed by atoms with van der Waals surface area (Å²) in [5.41, 5.74) is 0.764. The Hall–Kier alpha value is -3.97. The number of carbonyl (C=O) groups is 3. The van der Waals surface area contributed by atoms with E-state index >= 15 is 0 Å². The smallest absolute Gasteiger partial charge is 0.325 e. The number of nitrogens with zero attached hydrogens (tertiary/aromatic N) is 2. The molecule has 2 rings (SSSR count). The van der Waals surface area contributed by atoms with Gasteiger partial charge in [-0.2, -0.15) is 5.26 Å². The average molecular weight is 431 g/mol. The van der Waals surface area contributed by atoms with Crippen molar-refractivity contribution in [2.75, 3.05) is 18.5 Å². The number of amides is 2. The number of anilines is 1. The van der Waals surface area contributed by atoms with Gasteiger partial charge in [0.2, 0.25) is 0 Å². The zero-order valence-electron chi connectivity index (χ0n) is 15.4. The van der Waals surface area contributed by atoms with E-state index in [0.717, 1.165) is 11.6 Å². The zero-order valence-corrected chi connectivity index (χ0v) is 16.1. The van der Waals surface area contributed by atoms with Crippen LogP contribution >= 0.6 is 11.6 Å². The first-order valence-corrected chi connectivity index (χ1v) is 8.81. The van der Waals surface area contributed by atoms with E-state index in [1.54, 1.807) is 24.3 Å². The number of halogens is 1. The molecule has 0 heterocycles. The van der Waals surface area contributed by atoms with Crippen LogP contribution in [0.2, 0.25) is 5.02 Å². The SMILES string of the molecule is N#CCc1ccc(NC(=O)COC(=O)CNC(=O)c2ccc(Cl)c([N+](=O)[O-])c2)cc1. The minimum atomic E-state index is -0.869. The molecule has 0 aromatic heterocycles. The second-order valence-corrected chi connectivity index (χ2v) is 6.25. The molecule has 30 heavy (non-hydrogen) atoms. The van der Waals surface area contributed by atoms with Crippen LogP contribution in [-0.4, -0.2) is 35.9 Å². The quantitative estimate of drug-likeness (QED) is 0.370. The molecule has 2 aromatic carbocycles. The normalized spacial score (nSPS) is 9.87. The first-order valence-electron chi connectivity index (χ1n) is 8.43. The fraction of sp³-hybridized carbons (Fsp3) is 0.158. The summed E-state index contributed by atoms with van der Waals surface area (Å²) in [6.45, 7) is -1.10. The molecule has 0 saturated carbocycles. The molecule has 0 saturated heterocycles. The summed E-state index contributed by atoms with van der Waals surface area (Å²) in [5, 5.41) is 24.1. The minimum Gasteiger partial charge on any atom is -0.454 e. The van der Waals surface area contributed by atoms with Crippen molar-refractivity contribution in [3.05, 3.63) is 68.7 Å². The summed E-state index contributed by atoms with van der Waals surface area (Å²) >= 11 is 5.68. The Morgan fingerprint density at radius 3 is 2.50 bits per heavy atom. The number of ether oxygens (including phenoxy) is 1. The number of nitrogens with one attached hydrogen (secondary N) is 2. The van der Waals surface area contributed by atoms with Crippen LogP contribution in [0.3, 0.4) is 0 Å². The summed E-state index contributed by atoms with van der Waals surface area (Å²) in [4.78, 5) is 45.6. The molecule has 0 spiro atoms. The Kier molecular flexibility index (Phi) is 7.84. The van der Waals surface area contributed by atoms with Gasteiger partial charge in [-0.15, -0.1) is 0 Å². The molecule has 0 fully saturated rings. The molecule has 0 unspecified atom stereocenters. The molecule has 11 heteroatoms. The molecule has 0 aliphatic heterocycles. The van der Waals surface area contributed by atoms with Crippen LogP contribution in [-0.2, 0) is 20.7 Å². The van der Waals surface area contributed by atoms with Crippen LogP contribution in [0, 0.1) is 21.4 Å². The molecule has 2 amide bonds. The summed E-state index contributed by atoms with van der Waals surface area (Å²) < 4.78 is 4.77. The van der Waals surface area contributed by atoms with Crippen LogP contribution in [0.15, 0.2) is 42.5 Å². The molecule has 2 aromatic rings. The molecular weight excluding hydrogens is 416 g/mol. The highest BCUT2D eigenvalue weighted by molar-refractivity contribution is 6.32. The number of esters is 1. The lowest BCUT2D eigenvalue weighted by molar-refractivity contribution is -0.384. The van der Waals surface area contributed by atoms with Gasteiger partial charge in [0, 0.05) is 17.3 Å². The predicted octanol–water partition coefficient (Wildman–Crippen LogP) is 2.23. The molecule has 0 bridgehead atoms. The van der Waals surface area contributed by atoms with Crippen molar-refractivity contribution in [1.29, 1.82) is 5.26 Å². The van der Waals surface area contributed by atoms with E-state index in [4.69, 9.17) is 21.6 Å². The van der Waals surface area contributed by atoms with Gasteiger partial charge in [0.25, 0.3) is 17.5 Å². The largest absolute Gasteiger partial charge is 0.454 e. The topological polar surface area (TPSA) is 151 Å². The summed E-state index contributed by atoms with van der Waals surface area (Å²) in [6.07, 6.45) is 0.251. The number of hydrogen-bond acceptors (Lipinski definition) is 7. The maximum absolute atomic E-state index is 12.0. The van der Waals surface area contributed by atoms with E-state index < -0.39 is 41.5 Å². The van der Waals surface area contributed by atoms with Crippen molar-refractivity contribution in [1.82, 2.24) is 5.32 Å². The second kappa shape index (κ2) is 10.5. The standard InChI is InChI=1S/C19H15ClN4O6/c20-15-6-3-13(9-16(15)24(28)29)19(27)22-10-18(26)30-11-17(25)23-14-4-1-12(2-5-14)7-8-21/h1-6,9H,7,10-11H2,(H,22,27)(H,23,25). The average Bonchev–Trinajstić information content (AvgIpc) is 2.72. The third-order valence-electron chi connectivity index (χ3n) is 3.68. The second-order valence-electron chi connectivity index (χ2n) is 5.85. The van der Waals surface area contributed by atoms with Crippen LogP contribution < -0.4 is 10.6 Å². The highest BCUT2D eigenvalue weighted by Crippen LogP contribution is 2.24. The van der Waals surface area contributed by atoms with Gasteiger partial charge in [-0.25, -0.2) is 0 Å². The number of nitriles is 1. The number of carbonyl (C=O) groups excluding carboxylic acids is 3. The van der Waals surface area contributed by atoms with E-state index in [1.807, 2.05) is 6.07 Å². The number of hydrogen-bond donors (Lipinski definition) is 2. The van der Waals surface area contributed by atoms with Crippen molar-refractivity contribution in [2.24, 2.45) is 0 Å². The Bertz CT molecular complexity index is 1020. The van der Waals surface area contributed by atoms with Gasteiger partial charge in [0.15, 0.2) is 6.61 Å². The van der Waals surface area contributed by atoms with Crippen molar-refractivity contribution in [3.8, 4) is 6.07 Å². The molecular formula is C19H15ClN4O6. The number of rotatable bonds is 8. The van der Waals surface area contributed by atoms with Crippen molar-refractivity contribution in [2.45, 2.75) is 6.42 Å². The first kappa shape index (κ1) is 22.3. The Balaban J connectivity index is 1.78. The van der Waals surface area contributed by atoms with Gasteiger partial charge in [-0.3, -0.25) is 24.5 Å². The van der Waals surface area contributed by atoms with E-state index in [1.165, 1.54) is 12.1 Å². The van der Waals surface area contributed by atoms with Gasteiger partial charge in [-0.05, 0) is 29.8 Å². The van der Waals surface area contributed by atoms with Crippen molar-refractivity contribution >= 4 is 40.8 Å². The molecule has 2 N–H and O–H groups in total. The zero-order chi connectivity index (χ0) is 22.1. The Labute approximate surface area is 175 Å². The molecule has 0 aliphatic rings. The van der Waals surface area contributed by atoms with Gasteiger partial charge in [-0.1, -0.05) is 23.7 Å². The van der Waals surface area contributed by atoms with E-state index in [2.05, 4.69) is 10.6 Å². The maximum atomic E-state index is 12.0. The van der Waals surface area contributed by atoms with Crippen LogP contribution in [0.4, 0.5) is 11.4 Å². The molecule has 0 radical (unpaired) electrons.